The van der Waals surface area contributed by atoms with E-state index in [0.29, 0.717) is 49.3 Å². The van der Waals surface area contributed by atoms with Gasteiger partial charge in [0.15, 0.2) is 5.82 Å². The summed E-state index contributed by atoms with van der Waals surface area (Å²) < 4.78 is 5.34. The molecule has 0 atom stereocenters. The first-order valence-electron chi connectivity index (χ1n) is 11.4. The first kappa shape index (κ1) is 24.5. The Bertz CT molecular complexity index is 1020. The molecular formula is C23H31ClN6O4. The predicted octanol–water partition coefficient (Wildman–Crippen LogP) is 2.11. The van der Waals surface area contributed by atoms with Crippen molar-refractivity contribution in [3.05, 3.63) is 46.1 Å². The van der Waals surface area contributed by atoms with Gasteiger partial charge in [-0.2, -0.15) is 5.10 Å². The van der Waals surface area contributed by atoms with E-state index >= 15 is 0 Å². The average Bonchev–Trinajstić information content (AvgIpc) is 3.35. The number of aromatic nitrogens is 2. The molecule has 1 aromatic carbocycles. The third-order valence-electron chi connectivity index (χ3n) is 6.47. The number of fused-ring (bicyclic) bond motifs is 1. The van der Waals surface area contributed by atoms with E-state index in [1.165, 1.54) is 0 Å². The number of ether oxygens (including phenoxy) is 1. The number of piperazine rings is 1. The van der Waals surface area contributed by atoms with Crippen LogP contribution < -0.4 is 5.32 Å². The molecule has 0 bridgehead atoms. The highest BCUT2D eigenvalue weighted by molar-refractivity contribution is 6.30. The summed E-state index contributed by atoms with van der Waals surface area (Å²) in [4.78, 5) is 32.0. The van der Waals surface area contributed by atoms with E-state index in [0.717, 1.165) is 30.9 Å². The maximum atomic E-state index is 13.4. The normalized spacial score (nSPS) is 17.6. The molecule has 0 radical (unpaired) electrons. The average molecular weight is 491 g/mol. The number of aliphatic hydroxyl groups is 1. The van der Waals surface area contributed by atoms with Crippen LogP contribution in [0.5, 0.6) is 0 Å². The second-order valence-electron chi connectivity index (χ2n) is 8.98. The molecule has 0 unspecified atom stereocenters. The van der Waals surface area contributed by atoms with Crippen molar-refractivity contribution in [2.75, 3.05) is 57.9 Å². The minimum absolute atomic E-state index is 0.0258. The van der Waals surface area contributed by atoms with Crippen molar-refractivity contribution < 1.29 is 19.4 Å². The van der Waals surface area contributed by atoms with Crippen molar-refractivity contribution in [3.63, 3.8) is 0 Å². The first-order valence-corrected chi connectivity index (χ1v) is 11.8. The van der Waals surface area contributed by atoms with Gasteiger partial charge in [-0.05, 0) is 38.1 Å². The standard InChI is InChI=1S/C23H31ClN6O4/c1-23(2)19-18(20(27-26-19)25-21(32)16-3-5-17(24)6-4-16)15-30(23)22(33)29-9-7-28(8-10-29)11-13-34-14-12-31/h3-6,31H,7-15H2,1-2H3,(H2,25,26,27,32). The van der Waals surface area contributed by atoms with Gasteiger partial charge in [0.2, 0.25) is 0 Å². The monoisotopic (exact) mass is 490 g/mol. The second kappa shape index (κ2) is 10.3. The van der Waals surface area contributed by atoms with E-state index in [2.05, 4.69) is 20.4 Å². The summed E-state index contributed by atoms with van der Waals surface area (Å²) in [5, 5.41) is 19.6. The van der Waals surface area contributed by atoms with Crippen LogP contribution >= 0.6 is 11.6 Å². The number of nitrogens with one attached hydrogen (secondary N) is 2. The van der Waals surface area contributed by atoms with Gasteiger partial charge in [-0.15, -0.1) is 0 Å². The Balaban J connectivity index is 1.37. The molecule has 1 fully saturated rings. The SMILES string of the molecule is CC1(C)c2[nH]nc(NC(=O)c3ccc(Cl)cc3)c2CN1C(=O)N1CCN(CCOCCO)CC1. The van der Waals surface area contributed by atoms with Crippen molar-refractivity contribution in [1.82, 2.24) is 24.9 Å². The molecule has 10 nitrogen and oxygen atoms in total. The molecule has 1 saturated heterocycles. The number of anilines is 1. The molecule has 34 heavy (non-hydrogen) atoms. The van der Waals surface area contributed by atoms with Crippen LogP contribution in [0, 0.1) is 0 Å². The van der Waals surface area contributed by atoms with Gasteiger partial charge in [0, 0.05) is 48.9 Å². The van der Waals surface area contributed by atoms with Crippen molar-refractivity contribution in [2.45, 2.75) is 25.9 Å². The fraction of sp³-hybridized carbons (Fsp3) is 0.522. The van der Waals surface area contributed by atoms with Crippen LogP contribution in [0.2, 0.25) is 5.02 Å². The third-order valence-corrected chi connectivity index (χ3v) is 6.72. The smallest absolute Gasteiger partial charge is 0.321 e. The number of hydrogen-bond donors (Lipinski definition) is 3. The lowest BCUT2D eigenvalue weighted by atomic mass is 10.0. The predicted molar refractivity (Wildman–Crippen MR) is 128 cm³/mol. The summed E-state index contributed by atoms with van der Waals surface area (Å²) >= 11 is 5.91. The molecule has 0 aliphatic carbocycles. The lowest BCUT2D eigenvalue weighted by molar-refractivity contribution is 0.0529. The number of carbonyl (C=O) groups is 2. The van der Waals surface area contributed by atoms with E-state index in [9.17, 15) is 9.59 Å². The molecule has 2 aliphatic rings. The van der Waals surface area contributed by atoms with Gasteiger partial charge in [-0.25, -0.2) is 4.79 Å². The van der Waals surface area contributed by atoms with Gasteiger partial charge in [0.1, 0.15) is 0 Å². The summed E-state index contributed by atoms with van der Waals surface area (Å²) in [7, 11) is 0. The molecule has 0 spiro atoms. The fourth-order valence-corrected chi connectivity index (χ4v) is 4.53. The van der Waals surface area contributed by atoms with E-state index in [-0.39, 0.29) is 18.5 Å². The lowest BCUT2D eigenvalue weighted by Gasteiger charge is -2.40. The molecule has 0 saturated carbocycles. The van der Waals surface area contributed by atoms with Crippen molar-refractivity contribution in [2.24, 2.45) is 0 Å². The largest absolute Gasteiger partial charge is 0.394 e. The Morgan fingerprint density at radius 2 is 1.88 bits per heavy atom. The van der Waals surface area contributed by atoms with Crippen LogP contribution in [0.25, 0.3) is 0 Å². The number of amides is 3. The number of nitrogens with zero attached hydrogens (tertiary/aromatic N) is 4. The van der Waals surface area contributed by atoms with Crippen LogP contribution in [0.1, 0.15) is 35.5 Å². The van der Waals surface area contributed by atoms with Gasteiger partial charge >= 0.3 is 6.03 Å². The zero-order valence-electron chi connectivity index (χ0n) is 19.5. The third kappa shape index (κ3) is 5.05. The van der Waals surface area contributed by atoms with E-state index < -0.39 is 5.54 Å². The number of hydrogen-bond acceptors (Lipinski definition) is 6. The molecule has 2 aromatic rings. The van der Waals surface area contributed by atoms with Crippen molar-refractivity contribution >= 4 is 29.4 Å². The summed E-state index contributed by atoms with van der Waals surface area (Å²) in [6.07, 6.45) is 0. The molecule has 184 valence electrons. The van der Waals surface area contributed by atoms with Gasteiger partial charge in [-0.1, -0.05) is 11.6 Å². The topological polar surface area (TPSA) is 114 Å². The Labute approximate surface area is 203 Å². The number of aliphatic hydroxyl groups excluding tert-OH is 1. The molecule has 4 rings (SSSR count). The van der Waals surface area contributed by atoms with E-state index in [4.69, 9.17) is 21.4 Å². The zero-order chi connectivity index (χ0) is 24.3. The quantitative estimate of drug-likeness (QED) is 0.512. The van der Waals surface area contributed by atoms with E-state index in [1.54, 1.807) is 24.3 Å². The highest BCUT2D eigenvalue weighted by Gasteiger charge is 2.45. The highest BCUT2D eigenvalue weighted by atomic mass is 35.5. The number of halogens is 1. The number of urea groups is 1. The molecule has 3 amide bonds. The van der Waals surface area contributed by atoms with Gasteiger partial charge in [0.25, 0.3) is 5.91 Å². The Morgan fingerprint density at radius 1 is 1.18 bits per heavy atom. The Hall–Kier alpha value is -2.66. The summed E-state index contributed by atoms with van der Waals surface area (Å²) in [6, 6.07) is 6.61. The van der Waals surface area contributed by atoms with Gasteiger partial charge in [0.05, 0.1) is 37.6 Å². The maximum absolute atomic E-state index is 13.4. The number of rotatable bonds is 7. The summed E-state index contributed by atoms with van der Waals surface area (Å²) in [5.74, 6) is 0.152. The van der Waals surface area contributed by atoms with Crippen LogP contribution in [0.4, 0.5) is 10.6 Å². The minimum atomic E-state index is -0.585. The Morgan fingerprint density at radius 3 is 2.56 bits per heavy atom. The fourth-order valence-electron chi connectivity index (χ4n) is 4.40. The molecule has 11 heteroatoms. The van der Waals surface area contributed by atoms with Gasteiger partial charge in [-0.3, -0.25) is 14.8 Å². The van der Waals surface area contributed by atoms with Crippen molar-refractivity contribution in [3.8, 4) is 0 Å². The van der Waals surface area contributed by atoms with Crippen LogP contribution in [-0.4, -0.2) is 94.5 Å². The molecular weight excluding hydrogens is 460 g/mol. The number of carbonyl (C=O) groups excluding carboxylic acids is 2. The first-order chi connectivity index (χ1) is 16.3. The number of H-pyrrole nitrogens is 1. The lowest BCUT2D eigenvalue weighted by Crippen LogP contribution is -2.55. The zero-order valence-corrected chi connectivity index (χ0v) is 20.3. The summed E-state index contributed by atoms with van der Waals surface area (Å²) in [5.41, 5.74) is 1.54. The number of aromatic amines is 1. The van der Waals surface area contributed by atoms with E-state index in [1.807, 2.05) is 23.6 Å². The highest BCUT2D eigenvalue weighted by Crippen LogP contribution is 2.41. The molecule has 3 N–H and O–H groups in total. The minimum Gasteiger partial charge on any atom is -0.394 e. The number of benzene rings is 1. The molecule has 1 aromatic heterocycles. The van der Waals surface area contributed by atoms with Crippen LogP contribution in [0.15, 0.2) is 24.3 Å². The van der Waals surface area contributed by atoms with Crippen LogP contribution in [-0.2, 0) is 16.8 Å². The Kier molecular flexibility index (Phi) is 7.42. The molecule has 3 heterocycles. The van der Waals surface area contributed by atoms with Gasteiger partial charge < -0.3 is 25.0 Å². The summed E-state index contributed by atoms with van der Waals surface area (Å²) in [6.45, 7) is 8.87. The maximum Gasteiger partial charge on any atom is 0.321 e. The van der Waals surface area contributed by atoms with Crippen LogP contribution in [0.3, 0.4) is 0 Å². The van der Waals surface area contributed by atoms with Crippen molar-refractivity contribution in [1.29, 1.82) is 0 Å². The second-order valence-corrected chi connectivity index (χ2v) is 9.42. The molecule has 2 aliphatic heterocycles.